The van der Waals surface area contributed by atoms with Crippen LogP contribution in [0.3, 0.4) is 0 Å². The largest absolute Gasteiger partial charge is 0.495 e. The molecule has 0 aromatic heterocycles. The smallest absolute Gasteiger partial charge is 0.294 e. The lowest BCUT2D eigenvalue weighted by Crippen LogP contribution is -2.05. The molecule has 0 unspecified atom stereocenters. The molecule has 13 heavy (non-hydrogen) atoms. The summed E-state index contributed by atoms with van der Waals surface area (Å²) in [4.78, 5) is 9.86. The zero-order valence-electron chi connectivity index (χ0n) is 7.32. The lowest BCUT2D eigenvalue weighted by molar-refractivity contribution is -0.127. The standard InChI is InChI=1S/C9H11NO3/c1-12-9-5-3-2-4-8(9)10-6-13-7-11/h2-5,7,10H,6H2,1H3. The van der Waals surface area contributed by atoms with Crippen LogP contribution in [0.4, 0.5) is 5.69 Å². The molecule has 70 valence electrons. The van der Waals surface area contributed by atoms with Crippen LogP contribution in [0.25, 0.3) is 0 Å². The Labute approximate surface area is 76.5 Å². The molecule has 0 fully saturated rings. The van der Waals surface area contributed by atoms with Gasteiger partial charge in [-0.2, -0.15) is 0 Å². The van der Waals surface area contributed by atoms with Crippen LogP contribution in [-0.4, -0.2) is 20.3 Å². The second-order valence-electron chi connectivity index (χ2n) is 2.28. The first-order valence-corrected chi connectivity index (χ1v) is 3.80. The molecular weight excluding hydrogens is 170 g/mol. The van der Waals surface area contributed by atoms with Gasteiger partial charge < -0.3 is 14.8 Å². The second kappa shape index (κ2) is 5.03. The van der Waals surface area contributed by atoms with E-state index in [1.54, 1.807) is 7.11 Å². The Hall–Kier alpha value is -1.71. The molecule has 0 radical (unpaired) electrons. The number of carbonyl (C=O) groups is 1. The highest BCUT2D eigenvalue weighted by Crippen LogP contribution is 2.22. The van der Waals surface area contributed by atoms with Crippen LogP contribution >= 0.6 is 0 Å². The molecule has 1 N–H and O–H groups in total. The van der Waals surface area contributed by atoms with Crippen molar-refractivity contribution in [3.8, 4) is 5.75 Å². The fourth-order valence-corrected chi connectivity index (χ4v) is 0.944. The van der Waals surface area contributed by atoms with Gasteiger partial charge in [0.2, 0.25) is 0 Å². The van der Waals surface area contributed by atoms with E-state index in [4.69, 9.17) is 4.74 Å². The Morgan fingerprint density at radius 3 is 2.92 bits per heavy atom. The highest BCUT2D eigenvalue weighted by Gasteiger charge is 1.98. The average molecular weight is 181 g/mol. The first kappa shape index (κ1) is 9.38. The molecule has 0 atom stereocenters. The number of methoxy groups -OCH3 is 1. The summed E-state index contributed by atoms with van der Waals surface area (Å²) in [5.41, 5.74) is 0.798. The van der Waals surface area contributed by atoms with Gasteiger partial charge in [-0.25, -0.2) is 0 Å². The van der Waals surface area contributed by atoms with Crippen molar-refractivity contribution in [2.75, 3.05) is 19.2 Å². The first-order valence-electron chi connectivity index (χ1n) is 3.80. The molecule has 0 aliphatic carbocycles. The summed E-state index contributed by atoms with van der Waals surface area (Å²) in [6.07, 6.45) is 0. The summed E-state index contributed by atoms with van der Waals surface area (Å²) in [6.45, 7) is 0.534. The van der Waals surface area contributed by atoms with E-state index >= 15 is 0 Å². The molecule has 1 aromatic rings. The van der Waals surface area contributed by atoms with E-state index in [0.29, 0.717) is 6.47 Å². The third kappa shape index (κ3) is 2.66. The van der Waals surface area contributed by atoms with Gasteiger partial charge in [0.25, 0.3) is 6.47 Å². The van der Waals surface area contributed by atoms with Crippen LogP contribution in [0.2, 0.25) is 0 Å². The number of nitrogens with one attached hydrogen (secondary N) is 1. The molecule has 4 heteroatoms. The summed E-state index contributed by atoms with van der Waals surface area (Å²) >= 11 is 0. The molecule has 0 spiro atoms. The number of hydrogen-bond acceptors (Lipinski definition) is 4. The van der Waals surface area contributed by atoms with Gasteiger partial charge in [0.15, 0.2) is 6.73 Å². The molecular formula is C9H11NO3. The molecule has 0 bridgehead atoms. The van der Waals surface area contributed by atoms with Crippen molar-refractivity contribution in [1.29, 1.82) is 0 Å². The van der Waals surface area contributed by atoms with Crippen LogP contribution in [0, 0.1) is 0 Å². The van der Waals surface area contributed by atoms with Crippen molar-refractivity contribution in [3.63, 3.8) is 0 Å². The van der Waals surface area contributed by atoms with E-state index in [1.165, 1.54) is 0 Å². The quantitative estimate of drug-likeness (QED) is 0.421. The Morgan fingerprint density at radius 2 is 2.23 bits per heavy atom. The number of para-hydroxylation sites is 2. The maximum atomic E-state index is 9.86. The normalized spacial score (nSPS) is 9.00. The van der Waals surface area contributed by atoms with Gasteiger partial charge in [-0.15, -0.1) is 0 Å². The maximum absolute atomic E-state index is 9.86. The van der Waals surface area contributed by atoms with Crippen LogP contribution in [0.1, 0.15) is 0 Å². The molecule has 0 saturated carbocycles. The van der Waals surface area contributed by atoms with Crippen molar-refractivity contribution in [2.45, 2.75) is 0 Å². The highest BCUT2D eigenvalue weighted by molar-refractivity contribution is 5.56. The zero-order valence-corrected chi connectivity index (χ0v) is 7.32. The molecule has 0 heterocycles. The summed E-state index contributed by atoms with van der Waals surface area (Å²) in [5.74, 6) is 0.719. The van der Waals surface area contributed by atoms with E-state index < -0.39 is 0 Å². The van der Waals surface area contributed by atoms with Crippen LogP contribution in [0.15, 0.2) is 24.3 Å². The Morgan fingerprint density at radius 1 is 1.46 bits per heavy atom. The fourth-order valence-electron chi connectivity index (χ4n) is 0.944. The third-order valence-corrected chi connectivity index (χ3v) is 1.52. The van der Waals surface area contributed by atoms with Crippen molar-refractivity contribution in [1.82, 2.24) is 0 Å². The molecule has 1 aromatic carbocycles. The maximum Gasteiger partial charge on any atom is 0.294 e. The molecule has 0 amide bonds. The van der Waals surface area contributed by atoms with E-state index in [1.807, 2.05) is 24.3 Å². The van der Waals surface area contributed by atoms with Gasteiger partial charge in [-0.05, 0) is 12.1 Å². The van der Waals surface area contributed by atoms with Crippen LogP contribution in [-0.2, 0) is 9.53 Å². The summed E-state index contributed by atoms with van der Waals surface area (Å²) in [5, 5.41) is 2.89. The van der Waals surface area contributed by atoms with Gasteiger partial charge >= 0.3 is 0 Å². The molecule has 1 rings (SSSR count). The Balaban J connectivity index is 2.58. The van der Waals surface area contributed by atoms with E-state index in [-0.39, 0.29) is 6.73 Å². The number of ether oxygens (including phenoxy) is 2. The van der Waals surface area contributed by atoms with E-state index in [9.17, 15) is 4.79 Å². The van der Waals surface area contributed by atoms with Gasteiger partial charge in [0.05, 0.1) is 12.8 Å². The average Bonchev–Trinajstić information content (AvgIpc) is 2.19. The van der Waals surface area contributed by atoms with Crippen LogP contribution < -0.4 is 10.1 Å². The fraction of sp³-hybridized carbons (Fsp3) is 0.222. The number of anilines is 1. The topological polar surface area (TPSA) is 47.6 Å². The Kier molecular flexibility index (Phi) is 3.63. The highest BCUT2D eigenvalue weighted by atomic mass is 16.5. The summed E-state index contributed by atoms with van der Waals surface area (Å²) in [6, 6.07) is 7.40. The minimum Gasteiger partial charge on any atom is -0.495 e. The second-order valence-corrected chi connectivity index (χ2v) is 2.28. The molecule has 0 saturated heterocycles. The summed E-state index contributed by atoms with van der Waals surface area (Å²) < 4.78 is 9.56. The lowest BCUT2D eigenvalue weighted by Gasteiger charge is -2.09. The third-order valence-electron chi connectivity index (χ3n) is 1.52. The monoisotopic (exact) mass is 181 g/mol. The Bertz CT molecular complexity index is 275. The summed E-state index contributed by atoms with van der Waals surface area (Å²) in [7, 11) is 1.58. The predicted molar refractivity (Wildman–Crippen MR) is 48.6 cm³/mol. The van der Waals surface area contributed by atoms with Gasteiger partial charge in [0.1, 0.15) is 5.75 Å². The molecule has 0 aliphatic rings. The van der Waals surface area contributed by atoms with Gasteiger partial charge in [-0.1, -0.05) is 12.1 Å². The lowest BCUT2D eigenvalue weighted by atomic mass is 10.3. The minimum atomic E-state index is 0.143. The molecule has 4 nitrogen and oxygen atoms in total. The van der Waals surface area contributed by atoms with Crippen molar-refractivity contribution >= 4 is 12.2 Å². The SMILES string of the molecule is COc1ccccc1NCOC=O. The van der Waals surface area contributed by atoms with Gasteiger partial charge in [0, 0.05) is 0 Å². The minimum absolute atomic E-state index is 0.143. The number of carbonyl (C=O) groups excluding carboxylic acids is 1. The van der Waals surface area contributed by atoms with E-state index in [2.05, 4.69) is 10.1 Å². The number of benzene rings is 1. The van der Waals surface area contributed by atoms with Crippen molar-refractivity contribution in [3.05, 3.63) is 24.3 Å². The van der Waals surface area contributed by atoms with Gasteiger partial charge in [-0.3, -0.25) is 4.79 Å². The predicted octanol–water partition coefficient (Wildman–Crippen LogP) is 1.24. The van der Waals surface area contributed by atoms with Crippen molar-refractivity contribution < 1.29 is 14.3 Å². The number of hydrogen-bond donors (Lipinski definition) is 1. The van der Waals surface area contributed by atoms with Crippen LogP contribution in [0.5, 0.6) is 5.75 Å². The zero-order chi connectivity index (χ0) is 9.52. The van der Waals surface area contributed by atoms with Crippen molar-refractivity contribution in [2.24, 2.45) is 0 Å². The molecule has 0 aliphatic heterocycles. The number of rotatable bonds is 5. The first-order chi connectivity index (χ1) is 6.38. The van der Waals surface area contributed by atoms with E-state index in [0.717, 1.165) is 11.4 Å².